The van der Waals surface area contributed by atoms with Crippen LogP contribution >= 0.6 is 11.6 Å². The number of halogens is 1. The first-order valence-electron chi connectivity index (χ1n) is 7.94. The number of para-hydroxylation sites is 1. The zero-order valence-corrected chi connectivity index (χ0v) is 14.5. The summed E-state index contributed by atoms with van der Waals surface area (Å²) in [5, 5.41) is 6.01. The predicted molar refractivity (Wildman–Crippen MR) is 98.9 cm³/mol. The van der Waals surface area contributed by atoms with E-state index in [0.717, 1.165) is 17.0 Å². The van der Waals surface area contributed by atoms with Gasteiger partial charge >= 0.3 is 6.03 Å². The Morgan fingerprint density at radius 1 is 1.12 bits per heavy atom. The summed E-state index contributed by atoms with van der Waals surface area (Å²) in [7, 11) is 0. The Morgan fingerprint density at radius 2 is 1.84 bits per heavy atom. The molecule has 0 spiro atoms. The third-order valence-corrected chi connectivity index (χ3v) is 4.01. The van der Waals surface area contributed by atoms with Crippen LogP contribution in [-0.2, 0) is 6.42 Å². The molecule has 6 heteroatoms. The van der Waals surface area contributed by atoms with Gasteiger partial charge in [0.2, 0.25) is 5.89 Å². The number of rotatable bonds is 5. The number of hydrogen-bond acceptors (Lipinski definition) is 3. The van der Waals surface area contributed by atoms with Crippen LogP contribution < -0.4 is 10.6 Å². The van der Waals surface area contributed by atoms with Gasteiger partial charge in [0.1, 0.15) is 5.76 Å². The number of carbonyl (C=O) groups excluding carboxylic acids is 1. The summed E-state index contributed by atoms with van der Waals surface area (Å²) in [6, 6.07) is 16.5. The summed E-state index contributed by atoms with van der Waals surface area (Å²) in [6.45, 7) is 2.32. The van der Waals surface area contributed by atoms with Gasteiger partial charge < -0.3 is 15.1 Å². The van der Waals surface area contributed by atoms with E-state index in [-0.39, 0.29) is 6.03 Å². The van der Waals surface area contributed by atoms with Gasteiger partial charge in [-0.1, -0.05) is 41.9 Å². The molecule has 5 nitrogen and oxygen atoms in total. The number of oxazole rings is 1. The largest absolute Gasteiger partial charge is 0.441 e. The molecular formula is C19H18ClN3O2. The second-order valence-electron chi connectivity index (χ2n) is 5.50. The van der Waals surface area contributed by atoms with E-state index in [1.54, 1.807) is 12.1 Å². The lowest BCUT2D eigenvalue weighted by atomic mass is 10.2. The lowest BCUT2D eigenvalue weighted by molar-refractivity contribution is 0.252. The van der Waals surface area contributed by atoms with Gasteiger partial charge in [-0.2, -0.15) is 0 Å². The van der Waals surface area contributed by atoms with Crippen molar-refractivity contribution in [1.82, 2.24) is 10.3 Å². The first-order chi connectivity index (χ1) is 12.1. The Hall–Kier alpha value is -2.79. The number of hydrogen-bond donors (Lipinski definition) is 2. The van der Waals surface area contributed by atoms with Gasteiger partial charge in [-0.25, -0.2) is 9.78 Å². The number of anilines is 1. The second-order valence-corrected chi connectivity index (χ2v) is 5.91. The van der Waals surface area contributed by atoms with Crippen LogP contribution in [0.3, 0.4) is 0 Å². The maximum absolute atomic E-state index is 11.9. The molecule has 1 aromatic heterocycles. The minimum absolute atomic E-state index is 0.308. The molecule has 0 saturated heterocycles. The Labute approximate surface area is 151 Å². The third-order valence-electron chi connectivity index (χ3n) is 3.68. The number of nitrogens with zero attached hydrogens (tertiary/aromatic N) is 1. The highest BCUT2D eigenvalue weighted by molar-refractivity contribution is 6.33. The van der Waals surface area contributed by atoms with Crippen LogP contribution in [0.15, 0.2) is 59.0 Å². The fraction of sp³-hybridized carbons (Fsp3) is 0.158. The van der Waals surface area contributed by atoms with Crippen LogP contribution in [0.4, 0.5) is 10.5 Å². The van der Waals surface area contributed by atoms with E-state index in [0.29, 0.717) is 29.6 Å². The molecule has 0 aliphatic rings. The van der Waals surface area contributed by atoms with Crippen LogP contribution in [0.25, 0.3) is 11.5 Å². The van der Waals surface area contributed by atoms with E-state index < -0.39 is 0 Å². The van der Waals surface area contributed by atoms with Crippen molar-refractivity contribution < 1.29 is 9.21 Å². The molecule has 0 unspecified atom stereocenters. The third kappa shape index (κ3) is 4.39. The second kappa shape index (κ2) is 7.85. The van der Waals surface area contributed by atoms with Gasteiger partial charge in [-0.15, -0.1) is 0 Å². The topological polar surface area (TPSA) is 67.2 Å². The number of aromatic nitrogens is 1. The fourth-order valence-corrected chi connectivity index (χ4v) is 2.57. The van der Waals surface area contributed by atoms with Crippen LogP contribution in [0.5, 0.6) is 0 Å². The minimum atomic E-state index is -0.308. The van der Waals surface area contributed by atoms with Gasteiger partial charge in [0.15, 0.2) is 0 Å². The molecule has 2 N–H and O–H groups in total. The van der Waals surface area contributed by atoms with E-state index in [1.807, 2.05) is 49.4 Å². The van der Waals surface area contributed by atoms with Crippen molar-refractivity contribution in [2.45, 2.75) is 13.3 Å². The fourth-order valence-electron chi connectivity index (χ4n) is 2.39. The Morgan fingerprint density at radius 3 is 2.60 bits per heavy atom. The molecular weight excluding hydrogens is 338 g/mol. The van der Waals surface area contributed by atoms with Crippen molar-refractivity contribution in [2.24, 2.45) is 0 Å². The Kier molecular flexibility index (Phi) is 5.36. The average Bonchev–Trinajstić information content (AvgIpc) is 2.99. The van der Waals surface area contributed by atoms with Crippen LogP contribution in [-0.4, -0.2) is 17.6 Å². The van der Waals surface area contributed by atoms with Crippen LogP contribution in [0.1, 0.15) is 11.5 Å². The lowest BCUT2D eigenvalue weighted by Crippen LogP contribution is -2.30. The molecule has 128 valence electrons. The van der Waals surface area contributed by atoms with Crippen molar-refractivity contribution in [3.05, 3.63) is 71.1 Å². The Balaban J connectivity index is 1.55. The van der Waals surface area contributed by atoms with E-state index in [9.17, 15) is 4.79 Å². The van der Waals surface area contributed by atoms with Crippen molar-refractivity contribution in [3.8, 4) is 11.5 Å². The molecule has 0 atom stereocenters. The standard InChI is InChI=1S/C19H18ClN3O2/c1-13-16(22-18(25-13)14-7-3-2-4-8-14)11-12-21-19(24)23-17-10-6-5-9-15(17)20/h2-10H,11-12H2,1H3,(H2,21,23,24). The molecule has 2 aromatic carbocycles. The van der Waals surface area contributed by atoms with E-state index >= 15 is 0 Å². The highest BCUT2D eigenvalue weighted by Gasteiger charge is 2.11. The molecule has 0 aliphatic heterocycles. The summed E-state index contributed by atoms with van der Waals surface area (Å²) in [5.41, 5.74) is 2.34. The van der Waals surface area contributed by atoms with Crippen molar-refractivity contribution in [3.63, 3.8) is 0 Å². The van der Waals surface area contributed by atoms with Gasteiger partial charge in [0, 0.05) is 18.5 Å². The van der Waals surface area contributed by atoms with Gasteiger partial charge in [0.05, 0.1) is 16.4 Å². The summed E-state index contributed by atoms with van der Waals surface area (Å²) in [6.07, 6.45) is 0.581. The molecule has 3 rings (SSSR count). The number of carbonyl (C=O) groups is 1. The highest BCUT2D eigenvalue weighted by atomic mass is 35.5. The maximum Gasteiger partial charge on any atom is 0.319 e. The van der Waals surface area contributed by atoms with Crippen molar-refractivity contribution >= 4 is 23.3 Å². The molecule has 0 saturated carbocycles. The van der Waals surface area contributed by atoms with Gasteiger partial charge in [-0.3, -0.25) is 0 Å². The molecule has 25 heavy (non-hydrogen) atoms. The first kappa shape index (κ1) is 17.0. The summed E-state index contributed by atoms with van der Waals surface area (Å²) in [4.78, 5) is 16.5. The molecule has 1 heterocycles. The molecule has 3 aromatic rings. The predicted octanol–water partition coefficient (Wildman–Crippen LogP) is 4.67. The number of urea groups is 1. The minimum Gasteiger partial charge on any atom is -0.441 e. The van der Waals surface area contributed by atoms with E-state index in [4.69, 9.17) is 16.0 Å². The zero-order chi connectivity index (χ0) is 17.6. The number of benzene rings is 2. The molecule has 0 aliphatic carbocycles. The Bertz CT molecular complexity index is 862. The van der Waals surface area contributed by atoms with Crippen LogP contribution in [0.2, 0.25) is 5.02 Å². The van der Waals surface area contributed by atoms with E-state index in [1.165, 1.54) is 0 Å². The van der Waals surface area contributed by atoms with E-state index in [2.05, 4.69) is 15.6 Å². The summed E-state index contributed by atoms with van der Waals surface area (Å²) >= 11 is 6.02. The first-order valence-corrected chi connectivity index (χ1v) is 8.32. The summed E-state index contributed by atoms with van der Waals surface area (Å²) in [5.74, 6) is 1.35. The van der Waals surface area contributed by atoms with Crippen molar-refractivity contribution in [1.29, 1.82) is 0 Å². The van der Waals surface area contributed by atoms with Gasteiger partial charge in [0.25, 0.3) is 0 Å². The SMILES string of the molecule is Cc1oc(-c2ccccc2)nc1CCNC(=O)Nc1ccccc1Cl. The number of nitrogens with one attached hydrogen (secondary N) is 2. The lowest BCUT2D eigenvalue weighted by Gasteiger charge is -2.08. The monoisotopic (exact) mass is 355 g/mol. The van der Waals surface area contributed by atoms with Gasteiger partial charge in [-0.05, 0) is 31.2 Å². The number of aryl methyl sites for hydroxylation is 1. The molecule has 2 amide bonds. The average molecular weight is 356 g/mol. The molecule has 0 bridgehead atoms. The van der Waals surface area contributed by atoms with Crippen LogP contribution in [0, 0.1) is 6.92 Å². The number of amides is 2. The molecule has 0 fully saturated rings. The normalized spacial score (nSPS) is 10.5. The van der Waals surface area contributed by atoms with Crippen molar-refractivity contribution in [2.75, 3.05) is 11.9 Å². The zero-order valence-electron chi connectivity index (χ0n) is 13.8. The highest BCUT2D eigenvalue weighted by Crippen LogP contribution is 2.22. The summed E-state index contributed by atoms with van der Waals surface area (Å²) < 4.78 is 5.71. The smallest absolute Gasteiger partial charge is 0.319 e. The molecule has 0 radical (unpaired) electrons. The quantitative estimate of drug-likeness (QED) is 0.699. The maximum atomic E-state index is 11.9.